The summed E-state index contributed by atoms with van der Waals surface area (Å²) in [5.74, 6) is 0. The van der Waals surface area contributed by atoms with Gasteiger partial charge in [-0.3, -0.25) is 4.90 Å². The minimum atomic E-state index is 0.594. The fourth-order valence-corrected chi connectivity index (χ4v) is 2.17. The van der Waals surface area contributed by atoms with Crippen LogP contribution in [0.25, 0.3) is 0 Å². The van der Waals surface area contributed by atoms with Gasteiger partial charge in [0.2, 0.25) is 0 Å². The molecule has 0 aliphatic heterocycles. The second kappa shape index (κ2) is 9.17. The van der Waals surface area contributed by atoms with Crippen LogP contribution in [0.5, 0.6) is 0 Å². The van der Waals surface area contributed by atoms with Crippen LogP contribution in [0.4, 0.5) is 0 Å². The number of hydrogen-bond acceptors (Lipinski definition) is 2. The van der Waals surface area contributed by atoms with E-state index in [2.05, 4.69) is 32.6 Å². The molecular weight excluding hydrogens is 184 g/mol. The largest absolute Gasteiger partial charge is 0.329 e. The summed E-state index contributed by atoms with van der Waals surface area (Å²) in [4.78, 5) is 2.57. The molecule has 0 amide bonds. The standard InChI is InChI=1S/C13H30N2/c1-5-7-8-9-13(11-14)15(10-6-2)12(3)4/h12-13H,5-11,14H2,1-4H3. The average molecular weight is 214 g/mol. The van der Waals surface area contributed by atoms with Crippen LogP contribution in [0.3, 0.4) is 0 Å². The third-order valence-electron chi connectivity index (χ3n) is 3.03. The summed E-state index contributed by atoms with van der Waals surface area (Å²) in [5.41, 5.74) is 5.88. The van der Waals surface area contributed by atoms with Gasteiger partial charge in [-0.1, -0.05) is 33.1 Å². The summed E-state index contributed by atoms with van der Waals surface area (Å²) >= 11 is 0. The Morgan fingerprint density at radius 3 is 2.13 bits per heavy atom. The molecule has 0 aliphatic rings. The molecule has 0 aliphatic carbocycles. The number of unbranched alkanes of at least 4 members (excludes halogenated alkanes) is 2. The van der Waals surface area contributed by atoms with Crippen molar-refractivity contribution >= 4 is 0 Å². The summed E-state index contributed by atoms with van der Waals surface area (Å²) in [6.45, 7) is 11.0. The van der Waals surface area contributed by atoms with Gasteiger partial charge in [0.05, 0.1) is 0 Å². The van der Waals surface area contributed by atoms with Gasteiger partial charge in [-0.05, 0) is 33.2 Å². The zero-order chi connectivity index (χ0) is 11.7. The highest BCUT2D eigenvalue weighted by molar-refractivity contribution is 4.75. The zero-order valence-electron chi connectivity index (χ0n) is 11.1. The molecule has 0 fully saturated rings. The molecule has 2 N–H and O–H groups in total. The van der Waals surface area contributed by atoms with Crippen molar-refractivity contribution in [3.05, 3.63) is 0 Å². The maximum Gasteiger partial charge on any atom is 0.0221 e. The Labute approximate surface area is 96.2 Å². The van der Waals surface area contributed by atoms with Crippen molar-refractivity contribution in [2.45, 2.75) is 71.9 Å². The van der Waals surface area contributed by atoms with E-state index in [0.717, 1.165) is 6.54 Å². The molecule has 0 heterocycles. The van der Waals surface area contributed by atoms with E-state index in [1.54, 1.807) is 0 Å². The molecule has 0 rings (SSSR count). The van der Waals surface area contributed by atoms with Gasteiger partial charge in [0.1, 0.15) is 0 Å². The lowest BCUT2D eigenvalue weighted by atomic mass is 10.1. The molecule has 15 heavy (non-hydrogen) atoms. The maximum absolute atomic E-state index is 5.88. The first-order chi connectivity index (χ1) is 7.17. The molecule has 0 saturated heterocycles. The van der Waals surface area contributed by atoms with Crippen molar-refractivity contribution in [3.8, 4) is 0 Å². The van der Waals surface area contributed by atoms with Crippen molar-refractivity contribution in [3.63, 3.8) is 0 Å². The van der Waals surface area contributed by atoms with E-state index in [9.17, 15) is 0 Å². The van der Waals surface area contributed by atoms with Crippen LogP contribution in [-0.4, -0.2) is 30.1 Å². The number of rotatable bonds is 9. The third-order valence-corrected chi connectivity index (χ3v) is 3.03. The van der Waals surface area contributed by atoms with E-state index in [0.29, 0.717) is 12.1 Å². The lowest BCUT2D eigenvalue weighted by molar-refractivity contribution is 0.147. The topological polar surface area (TPSA) is 29.3 Å². The van der Waals surface area contributed by atoms with E-state index >= 15 is 0 Å². The van der Waals surface area contributed by atoms with Crippen molar-refractivity contribution in [2.75, 3.05) is 13.1 Å². The first kappa shape index (κ1) is 14.9. The highest BCUT2D eigenvalue weighted by atomic mass is 15.2. The van der Waals surface area contributed by atoms with Crippen LogP contribution in [0.2, 0.25) is 0 Å². The Morgan fingerprint density at radius 2 is 1.73 bits per heavy atom. The molecule has 1 atom stereocenters. The summed E-state index contributed by atoms with van der Waals surface area (Å²) in [6.07, 6.45) is 6.46. The van der Waals surface area contributed by atoms with E-state index in [1.165, 1.54) is 38.6 Å². The first-order valence-electron chi connectivity index (χ1n) is 6.63. The van der Waals surface area contributed by atoms with Crippen molar-refractivity contribution < 1.29 is 0 Å². The van der Waals surface area contributed by atoms with Crippen LogP contribution < -0.4 is 5.73 Å². The predicted octanol–water partition coefficient (Wildman–Crippen LogP) is 3.01. The fraction of sp³-hybridized carbons (Fsp3) is 1.00. The highest BCUT2D eigenvalue weighted by Gasteiger charge is 2.18. The molecule has 2 nitrogen and oxygen atoms in total. The second-order valence-electron chi connectivity index (χ2n) is 4.72. The number of nitrogens with zero attached hydrogens (tertiary/aromatic N) is 1. The summed E-state index contributed by atoms with van der Waals surface area (Å²) in [7, 11) is 0. The van der Waals surface area contributed by atoms with Gasteiger partial charge in [0.25, 0.3) is 0 Å². The molecule has 0 aromatic rings. The zero-order valence-corrected chi connectivity index (χ0v) is 11.1. The van der Waals surface area contributed by atoms with Gasteiger partial charge < -0.3 is 5.73 Å². The molecule has 1 unspecified atom stereocenters. The predicted molar refractivity (Wildman–Crippen MR) is 69.1 cm³/mol. The van der Waals surface area contributed by atoms with E-state index in [1.807, 2.05) is 0 Å². The van der Waals surface area contributed by atoms with Crippen LogP contribution in [-0.2, 0) is 0 Å². The Hall–Kier alpha value is -0.0800. The quantitative estimate of drug-likeness (QED) is 0.598. The van der Waals surface area contributed by atoms with Crippen LogP contribution in [0, 0.1) is 0 Å². The molecule has 2 heteroatoms. The molecular formula is C13H30N2. The van der Waals surface area contributed by atoms with Crippen molar-refractivity contribution in [1.29, 1.82) is 0 Å². The first-order valence-corrected chi connectivity index (χ1v) is 6.63. The number of nitrogens with two attached hydrogens (primary N) is 1. The fourth-order valence-electron chi connectivity index (χ4n) is 2.17. The molecule has 92 valence electrons. The summed E-state index contributed by atoms with van der Waals surface area (Å²) in [5, 5.41) is 0. The normalized spacial score (nSPS) is 13.8. The SMILES string of the molecule is CCCCCC(CN)N(CCC)C(C)C. The smallest absolute Gasteiger partial charge is 0.0221 e. The van der Waals surface area contributed by atoms with Crippen LogP contribution >= 0.6 is 0 Å². The minimum absolute atomic E-state index is 0.594. The third kappa shape index (κ3) is 6.16. The summed E-state index contributed by atoms with van der Waals surface area (Å²) in [6, 6.07) is 1.22. The molecule has 0 radical (unpaired) electrons. The number of hydrogen-bond donors (Lipinski definition) is 1. The van der Waals surface area contributed by atoms with Gasteiger partial charge in [0, 0.05) is 18.6 Å². The van der Waals surface area contributed by atoms with Gasteiger partial charge in [0.15, 0.2) is 0 Å². The van der Waals surface area contributed by atoms with Crippen LogP contribution in [0.15, 0.2) is 0 Å². The maximum atomic E-state index is 5.88. The Kier molecular flexibility index (Phi) is 9.12. The lowest BCUT2D eigenvalue weighted by Crippen LogP contribution is -2.45. The van der Waals surface area contributed by atoms with E-state index < -0.39 is 0 Å². The average Bonchev–Trinajstić information content (AvgIpc) is 2.22. The summed E-state index contributed by atoms with van der Waals surface area (Å²) < 4.78 is 0. The Morgan fingerprint density at radius 1 is 1.07 bits per heavy atom. The van der Waals surface area contributed by atoms with Gasteiger partial charge in [-0.25, -0.2) is 0 Å². The van der Waals surface area contributed by atoms with Gasteiger partial charge in [-0.15, -0.1) is 0 Å². The molecule has 0 bridgehead atoms. The van der Waals surface area contributed by atoms with E-state index in [4.69, 9.17) is 5.73 Å². The Balaban J connectivity index is 4.06. The van der Waals surface area contributed by atoms with Crippen LogP contribution in [0.1, 0.15) is 59.8 Å². The lowest BCUT2D eigenvalue weighted by Gasteiger charge is -2.34. The monoisotopic (exact) mass is 214 g/mol. The van der Waals surface area contributed by atoms with Crippen molar-refractivity contribution in [1.82, 2.24) is 4.90 Å². The van der Waals surface area contributed by atoms with Gasteiger partial charge in [-0.2, -0.15) is 0 Å². The second-order valence-corrected chi connectivity index (χ2v) is 4.72. The minimum Gasteiger partial charge on any atom is -0.329 e. The Bertz CT molecular complexity index is 134. The molecule has 0 aromatic heterocycles. The highest BCUT2D eigenvalue weighted by Crippen LogP contribution is 2.13. The molecule has 0 aromatic carbocycles. The van der Waals surface area contributed by atoms with Crippen molar-refractivity contribution in [2.24, 2.45) is 5.73 Å². The van der Waals surface area contributed by atoms with Gasteiger partial charge >= 0.3 is 0 Å². The van der Waals surface area contributed by atoms with E-state index in [-0.39, 0.29) is 0 Å². The molecule has 0 saturated carbocycles. The molecule has 0 spiro atoms.